The molecular formula is C15H14BrNO2. The lowest BCUT2D eigenvalue weighted by Crippen LogP contribution is -2.23. The van der Waals surface area contributed by atoms with E-state index in [4.69, 9.17) is 0 Å². The number of aromatic hydroxyl groups is 1. The van der Waals surface area contributed by atoms with Crippen LogP contribution in [0.4, 0.5) is 0 Å². The first-order chi connectivity index (χ1) is 9.08. The molecule has 0 spiro atoms. The molecule has 0 saturated carbocycles. The summed E-state index contributed by atoms with van der Waals surface area (Å²) in [5.41, 5.74) is 2.35. The first-order valence-corrected chi connectivity index (χ1v) is 6.68. The maximum atomic E-state index is 12.1. The lowest BCUT2D eigenvalue weighted by Gasteiger charge is -2.09. The van der Waals surface area contributed by atoms with Crippen LogP contribution in [0, 0.1) is 6.92 Å². The Kier molecular flexibility index (Phi) is 4.22. The van der Waals surface area contributed by atoms with Crippen LogP contribution in [0.2, 0.25) is 0 Å². The summed E-state index contributed by atoms with van der Waals surface area (Å²) in [6, 6.07) is 12.5. The average molecular weight is 320 g/mol. The van der Waals surface area contributed by atoms with E-state index >= 15 is 0 Å². The van der Waals surface area contributed by atoms with Gasteiger partial charge in [-0.1, -0.05) is 34.1 Å². The number of hydrogen-bond donors (Lipinski definition) is 2. The first-order valence-electron chi connectivity index (χ1n) is 5.89. The van der Waals surface area contributed by atoms with Crippen molar-refractivity contribution in [3.63, 3.8) is 0 Å². The number of carbonyl (C=O) groups excluding carboxylic acids is 1. The van der Waals surface area contributed by atoms with Gasteiger partial charge in [0.05, 0.1) is 0 Å². The number of benzene rings is 2. The van der Waals surface area contributed by atoms with Gasteiger partial charge in [0, 0.05) is 16.6 Å². The van der Waals surface area contributed by atoms with Crippen LogP contribution in [0.3, 0.4) is 0 Å². The smallest absolute Gasteiger partial charge is 0.251 e. The summed E-state index contributed by atoms with van der Waals surface area (Å²) < 4.78 is 0.970. The van der Waals surface area contributed by atoms with E-state index in [0.717, 1.165) is 15.6 Å². The highest BCUT2D eigenvalue weighted by molar-refractivity contribution is 9.10. The number of nitrogens with one attached hydrogen (secondary N) is 1. The second-order valence-corrected chi connectivity index (χ2v) is 5.13. The number of amides is 1. The van der Waals surface area contributed by atoms with E-state index in [-0.39, 0.29) is 11.7 Å². The van der Waals surface area contributed by atoms with Gasteiger partial charge in [0.2, 0.25) is 0 Å². The molecular weight excluding hydrogens is 306 g/mol. The Morgan fingerprint density at radius 1 is 1.26 bits per heavy atom. The van der Waals surface area contributed by atoms with E-state index < -0.39 is 0 Å². The zero-order valence-corrected chi connectivity index (χ0v) is 12.1. The van der Waals surface area contributed by atoms with Crippen LogP contribution >= 0.6 is 15.9 Å². The molecule has 0 aliphatic rings. The molecule has 19 heavy (non-hydrogen) atoms. The first kappa shape index (κ1) is 13.6. The highest BCUT2D eigenvalue weighted by atomic mass is 79.9. The van der Waals surface area contributed by atoms with Crippen molar-refractivity contribution in [3.05, 3.63) is 63.6 Å². The van der Waals surface area contributed by atoms with Gasteiger partial charge in [0.15, 0.2) is 0 Å². The molecule has 2 N–H and O–H groups in total. The third-order valence-corrected chi connectivity index (χ3v) is 3.63. The van der Waals surface area contributed by atoms with Crippen LogP contribution in [0.25, 0.3) is 0 Å². The van der Waals surface area contributed by atoms with E-state index in [1.54, 1.807) is 19.1 Å². The number of phenols is 1. The molecule has 4 heteroatoms. The van der Waals surface area contributed by atoms with Crippen molar-refractivity contribution in [1.29, 1.82) is 0 Å². The number of aryl methyl sites for hydroxylation is 1. The SMILES string of the molecule is Cc1cc(O)ccc1C(=O)NCc1ccccc1Br. The number of hydrogen-bond acceptors (Lipinski definition) is 2. The molecule has 0 saturated heterocycles. The van der Waals surface area contributed by atoms with Crippen molar-refractivity contribution in [2.45, 2.75) is 13.5 Å². The van der Waals surface area contributed by atoms with Crippen LogP contribution in [0.1, 0.15) is 21.5 Å². The molecule has 0 fully saturated rings. The van der Waals surface area contributed by atoms with Crippen LogP contribution in [0.15, 0.2) is 46.9 Å². The highest BCUT2D eigenvalue weighted by Crippen LogP contribution is 2.17. The third kappa shape index (κ3) is 3.35. The van der Waals surface area contributed by atoms with Crippen LogP contribution in [-0.2, 0) is 6.54 Å². The molecule has 0 aliphatic carbocycles. The van der Waals surface area contributed by atoms with E-state index in [9.17, 15) is 9.90 Å². The summed E-state index contributed by atoms with van der Waals surface area (Å²) in [5.74, 6) is 0.0214. The average Bonchev–Trinajstić information content (AvgIpc) is 2.37. The minimum absolute atomic E-state index is 0.145. The molecule has 2 rings (SSSR count). The molecule has 2 aromatic carbocycles. The Morgan fingerprint density at radius 3 is 2.68 bits per heavy atom. The molecule has 98 valence electrons. The largest absolute Gasteiger partial charge is 0.508 e. The molecule has 0 bridgehead atoms. The second-order valence-electron chi connectivity index (χ2n) is 4.27. The molecule has 3 nitrogen and oxygen atoms in total. The molecule has 0 unspecified atom stereocenters. The topological polar surface area (TPSA) is 49.3 Å². The third-order valence-electron chi connectivity index (χ3n) is 2.85. The summed E-state index contributed by atoms with van der Waals surface area (Å²) in [6.07, 6.45) is 0. The monoisotopic (exact) mass is 319 g/mol. The van der Waals surface area contributed by atoms with Gasteiger partial charge >= 0.3 is 0 Å². The highest BCUT2D eigenvalue weighted by Gasteiger charge is 2.09. The summed E-state index contributed by atoms with van der Waals surface area (Å²) in [6.45, 7) is 2.26. The fraction of sp³-hybridized carbons (Fsp3) is 0.133. The summed E-state index contributed by atoms with van der Waals surface area (Å²) in [5, 5.41) is 12.2. The van der Waals surface area contributed by atoms with Crippen molar-refractivity contribution < 1.29 is 9.90 Å². The standard InChI is InChI=1S/C15H14BrNO2/c1-10-8-12(18)6-7-13(10)15(19)17-9-11-4-2-3-5-14(11)16/h2-8,18H,9H2,1H3,(H,17,19). The number of carbonyl (C=O) groups is 1. The van der Waals surface area contributed by atoms with Crippen molar-refractivity contribution in [2.24, 2.45) is 0 Å². The maximum absolute atomic E-state index is 12.1. The van der Waals surface area contributed by atoms with E-state index in [0.29, 0.717) is 12.1 Å². The van der Waals surface area contributed by atoms with E-state index in [1.165, 1.54) is 6.07 Å². The Hall–Kier alpha value is -1.81. The van der Waals surface area contributed by atoms with Crippen LogP contribution in [-0.4, -0.2) is 11.0 Å². The van der Waals surface area contributed by atoms with Gasteiger partial charge in [-0.25, -0.2) is 0 Å². The zero-order chi connectivity index (χ0) is 13.8. The molecule has 0 heterocycles. The molecule has 1 amide bonds. The summed E-state index contributed by atoms with van der Waals surface area (Å²) >= 11 is 3.44. The molecule has 0 radical (unpaired) electrons. The summed E-state index contributed by atoms with van der Waals surface area (Å²) in [7, 11) is 0. The predicted molar refractivity (Wildman–Crippen MR) is 78.2 cm³/mol. The van der Waals surface area contributed by atoms with E-state index in [2.05, 4.69) is 21.2 Å². The van der Waals surface area contributed by atoms with Gasteiger partial charge in [-0.15, -0.1) is 0 Å². The normalized spacial score (nSPS) is 10.2. The molecule has 0 aliphatic heterocycles. The van der Waals surface area contributed by atoms with Gasteiger partial charge in [0.1, 0.15) is 5.75 Å². The van der Waals surface area contributed by atoms with Crippen molar-refractivity contribution >= 4 is 21.8 Å². The van der Waals surface area contributed by atoms with Crippen LogP contribution in [0.5, 0.6) is 5.75 Å². The predicted octanol–water partition coefficient (Wildman–Crippen LogP) is 3.39. The number of halogens is 1. The van der Waals surface area contributed by atoms with Crippen molar-refractivity contribution in [2.75, 3.05) is 0 Å². The van der Waals surface area contributed by atoms with Crippen molar-refractivity contribution in [1.82, 2.24) is 5.32 Å². The Bertz CT molecular complexity index is 611. The second kappa shape index (κ2) is 5.89. The summed E-state index contributed by atoms with van der Waals surface area (Å²) in [4.78, 5) is 12.1. The fourth-order valence-electron chi connectivity index (χ4n) is 1.82. The van der Waals surface area contributed by atoms with Gasteiger partial charge in [0.25, 0.3) is 5.91 Å². The minimum Gasteiger partial charge on any atom is -0.508 e. The fourth-order valence-corrected chi connectivity index (χ4v) is 2.24. The minimum atomic E-state index is -0.145. The maximum Gasteiger partial charge on any atom is 0.251 e. The van der Waals surface area contributed by atoms with E-state index in [1.807, 2.05) is 24.3 Å². The number of phenolic OH excluding ortho intramolecular Hbond substituents is 1. The Labute approximate surface area is 120 Å². The lowest BCUT2D eigenvalue weighted by molar-refractivity contribution is 0.0950. The Balaban J connectivity index is 2.08. The van der Waals surface area contributed by atoms with Crippen molar-refractivity contribution in [3.8, 4) is 5.75 Å². The Morgan fingerprint density at radius 2 is 2.00 bits per heavy atom. The van der Waals surface area contributed by atoms with Gasteiger partial charge < -0.3 is 10.4 Å². The molecule has 2 aromatic rings. The van der Waals surface area contributed by atoms with Gasteiger partial charge in [-0.3, -0.25) is 4.79 Å². The zero-order valence-electron chi connectivity index (χ0n) is 10.5. The number of rotatable bonds is 3. The lowest BCUT2D eigenvalue weighted by atomic mass is 10.1. The molecule has 0 atom stereocenters. The quantitative estimate of drug-likeness (QED) is 0.911. The van der Waals surface area contributed by atoms with Gasteiger partial charge in [-0.2, -0.15) is 0 Å². The van der Waals surface area contributed by atoms with Crippen LogP contribution < -0.4 is 5.32 Å². The van der Waals surface area contributed by atoms with Gasteiger partial charge in [-0.05, 0) is 42.3 Å². The molecule has 0 aromatic heterocycles.